The molecule has 2 unspecified atom stereocenters. The molecule has 0 spiro atoms. The topological polar surface area (TPSA) is 94.2 Å². The first-order chi connectivity index (χ1) is 17.4. The standard InChI is InChI=1S/C28H34N2O6/c1-18-8-11-21(12-9-18)30-26(32)15-13-22(27(30)19-10-14-23(34-2)24(16-19)35-3)28(33)36-17-25(31)29-20-6-4-5-7-20/h8-12,14,16,20,22,27H,4-7,13,15,17H2,1-3H3,(H,29,31). The zero-order valence-corrected chi connectivity index (χ0v) is 21.1. The summed E-state index contributed by atoms with van der Waals surface area (Å²) in [5.41, 5.74) is 2.48. The van der Waals surface area contributed by atoms with Gasteiger partial charge in [-0.3, -0.25) is 14.4 Å². The van der Waals surface area contributed by atoms with Crippen LogP contribution in [-0.2, 0) is 19.1 Å². The second-order valence-corrected chi connectivity index (χ2v) is 9.46. The highest BCUT2D eigenvalue weighted by Gasteiger charge is 2.42. The summed E-state index contributed by atoms with van der Waals surface area (Å²) in [5.74, 6) is -0.475. The van der Waals surface area contributed by atoms with E-state index in [9.17, 15) is 14.4 Å². The smallest absolute Gasteiger partial charge is 0.311 e. The fourth-order valence-electron chi connectivity index (χ4n) is 5.15. The van der Waals surface area contributed by atoms with E-state index in [1.807, 2.05) is 37.3 Å². The molecule has 2 atom stereocenters. The highest BCUT2D eigenvalue weighted by Crippen LogP contribution is 2.42. The fourth-order valence-corrected chi connectivity index (χ4v) is 5.15. The van der Waals surface area contributed by atoms with Crippen LogP contribution in [0.25, 0.3) is 0 Å². The molecule has 2 aromatic carbocycles. The Morgan fingerprint density at radius 2 is 1.67 bits per heavy atom. The van der Waals surface area contributed by atoms with Crippen LogP contribution in [0.5, 0.6) is 11.5 Å². The Morgan fingerprint density at radius 1 is 0.972 bits per heavy atom. The van der Waals surface area contributed by atoms with E-state index in [1.54, 1.807) is 31.3 Å². The molecule has 0 radical (unpaired) electrons. The van der Waals surface area contributed by atoms with Crippen molar-refractivity contribution >= 4 is 23.5 Å². The lowest BCUT2D eigenvalue weighted by molar-refractivity contribution is -0.154. The lowest BCUT2D eigenvalue weighted by Crippen LogP contribution is -2.46. The van der Waals surface area contributed by atoms with Crippen molar-refractivity contribution in [2.75, 3.05) is 25.7 Å². The molecular formula is C28H34N2O6. The second kappa shape index (κ2) is 11.5. The number of amides is 2. The molecule has 1 heterocycles. The maximum atomic E-state index is 13.3. The Morgan fingerprint density at radius 3 is 2.33 bits per heavy atom. The van der Waals surface area contributed by atoms with Gasteiger partial charge in [0.25, 0.3) is 5.91 Å². The average molecular weight is 495 g/mol. The lowest BCUT2D eigenvalue weighted by Gasteiger charge is -2.40. The van der Waals surface area contributed by atoms with Gasteiger partial charge >= 0.3 is 5.97 Å². The monoisotopic (exact) mass is 494 g/mol. The van der Waals surface area contributed by atoms with Crippen molar-refractivity contribution in [1.82, 2.24) is 5.32 Å². The number of nitrogens with one attached hydrogen (secondary N) is 1. The van der Waals surface area contributed by atoms with Gasteiger partial charge in [-0.15, -0.1) is 0 Å². The number of nitrogens with zero attached hydrogens (tertiary/aromatic N) is 1. The second-order valence-electron chi connectivity index (χ2n) is 9.46. The molecule has 36 heavy (non-hydrogen) atoms. The molecule has 1 N–H and O–H groups in total. The van der Waals surface area contributed by atoms with Crippen LogP contribution in [0, 0.1) is 12.8 Å². The van der Waals surface area contributed by atoms with Crippen molar-refractivity contribution in [1.29, 1.82) is 0 Å². The number of esters is 1. The Labute approximate surface area is 211 Å². The van der Waals surface area contributed by atoms with Crippen molar-refractivity contribution in [3.05, 3.63) is 53.6 Å². The Kier molecular flexibility index (Phi) is 8.13. The van der Waals surface area contributed by atoms with Crippen molar-refractivity contribution in [3.8, 4) is 11.5 Å². The Hall–Kier alpha value is -3.55. The molecule has 4 rings (SSSR count). The minimum atomic E-state index is -0.651. The molecule has 1 aliphatic carbocycles. The van der Waals surface area contributed by atoms with Gasteiger partial charge < -0.3 is 24.4 Å². The number of methoxy groups -OCH3 is 2. The summed E-state index contributed by atoms with van der Waals surface area (Å²) in [4.78, 5) is 40.6. The van der Waals surface area contributed by atoms with E-state index in [2.05, 4.69) is 5.32 Å². The third kappa shape index (κ3) is 5.64. The van der Waals surface area contributed by atoms with E-state index in [1.165, 1.54) is 0 Å². The number of piperidine rings is 1. The van der Waals surface area contributed by atoms with Crippen LogP contribution in [0.1, 0.15) is 55.7 Å². The predicted molar refractivity (Wildman–Crippen MR) is 135 cm³/mol. The zero-order chi connectivity index (χ0) is 25.7. The first kappa shape index (κ1) is 25.5. The number of carbonyl (C=O) groups is 3. The summed E-state index contributed by atoms with van der Waals surface area (Å²) in [6.07, 6.45) is 4.63. The molecule has 2 aromatic rings. The van der Waals surface area contributed by atoms with E-state index in [0.29, 0.717) is 23.6 Å². The molecule has 8 heteroatoms. The SMILES string of the molecule is COc1ccc(C2C(C(=O)OCC(=O)NC3CCCC3)CCC(=O)N2c2ccc(C)cc2)cc1OC. The van der Waals surface area contributed by atoms with Gasteiger partial charge in [0.05, 0.1) is 26.2 Å². The molecule has 1 saturated carbocycles. The van der Waals surface area contributed by atoms with Gasteiger partial charge in [-0.2, -0.15) is 0 Å². The summed E-state index contributed by atoms with van der Waals surface area (Å²) in [6, 6.07) is 12.5. The Balaban J connectivity index is 1.62. The number of carbonyl (C=O) groups excluding carboxylic acids is 3. The molecule has 0 bridgehead atoms. The predicted octanol–water partition coefficient (Wildman–Crippen LogP) is 4.10. The first-order valence-electron chi connectivity index (χ1n) is 12.5. The molecule has 1 saturated heterocycles. The maximum absolute atomic E-state index is 13.3. The quantitative estimate of drug-likeness (QED) is 0.556. The number of hydrogen-bond donors (Lipinski definition) is 1. The number of anilines is 1. The highest BCUT2D eigenvalue weighted by atomic mass is 16.5. The van der Waals surface area contributed by atoms with Crippen LogP contribution in [0.15, 0.2) is 42.5 Å². The number of aryl methyl sites for hydroxylation is 1. The number of benzene rings is 2. The summed E-state index contributed by atoms with van der Waals surface area (Å²) in [6.45, 7) is 1.65. The van der Waals surface area contributed by atoms with Crippen LogP contribution in [-0.4, -0.2) is 44.7 Å². The fraction of sp³-hybridized carbons (Fsp3) is 0.464. The largest absolute Gasteiger partial charge is 0.493 e. The first-order valence-corrected chi connectivity index (χ1v) is 12.5. The molecule has 1 aliphatic heterocycles. The summed E-state index contributed by atoms with van der Waals surface area (Å²) >= 11 is 0. The third-order valence-corrected chi connectivity index (χ3v) is 7.03. The van der Waals surface area contributed by atoms with Gasteiger partial charge in [0.15, 0.2) is 18.1 Å². The minimum Gasteiger partial charge on any atom is -0.493 e. The van der Waals surface area contributed by atoms with Crippen molar-refractivity contribution in [2.24, 2.45) is 5.92 Å². The van der Waals surface area contributed by atoms with Crippen LogP contribution < -0.4 is 19.7 Å². The average Bonchev–Trinajstić information content (AvgIpc) is 3.40. The van der Waals surface area contributed by atoms with E-state index in [4.69, 9.17) is 14.2 Å². The van der Waals surface area contributed by atoms with Gasteiger partial charge in [-0.25, -0.2) is 0 Å². The summed E-state index contributed by atoms with van der Waals surface area (Å²) in [7, 11) is 3.09. The third-order valence-electron chi connectivity index (χ3n) is 7.03. The van der Waals surface area contributed by atoms with Crippen LogP contribution in [0.4, 0.5) is 5.69 Å². The highest BCUT2D eigenvalue weighted by molar-refractivity contribution is 5.97. The minimum absolute atomic E-state index is 0.0818. The maximum Gasteiger partial charge on any atom is 0.311 e. The molecule has 8 nitrogen and oxygen atoms in total. The number of rotatable bonds is 8. The number of ether oxygens (including phenoxy) is 3. The molecule has 2 amide bonds. The van der Waals surface area contributed by atoms with Crippen LogP contribution in [0.3, 0.4) is 0 Å². The van der Waals surface area contributed by atoms with Gasteiger partial charge in [0.2, 0.25) is 5.91 Å². The zero-order valence-electron chi connectivity index (χ0n) is 21.1. The molecule has 2 aliphatic rings. The molecule has 0 aromatic heterocycles. The van der Waals surface area contributed by atoms with Crippen LogP contribution >= 0.6 is 0 Å². The van der Waals surface area contributed by atoms with Crippen molar-refractivity contribution in [3.63, 3.8) is 0 Å². The van der Waals surface area contributed by atoms with Crippen molar-refractivity contribution in [2.45, 2.75) is 57.5 Å². The molecular weight excluding hydrogens is 460 g/mol. The Bertz CT molecular complexity index is 1090. The van der Waals surface area contributed by atoms with E-state index in [0.717, 1.165) is 36.8 Å². The van der Waals surface area contributed by atoms with Crippen LogP contribution in [0.2, 0.25) is 0 Å². The number of hydrogen-bond acceptors (Lipinski definition) is 6. The van der Waals surface area contributed by atoms with E-state index < -0.39 is 17.9 Å². The van der Waals surface area contributed by atoms with E-state index >= 15 is 0 Å². The van der Waals surface area contributed by atoms with Gasteiger partial charge in [-0.05, 0) is 56.0 Å². The normalized spacial score (nSPS) is 20.2. The summed E-state index contributed by atoms with van der Waals surface area (Å²) < 4.78 is 16.4. The van der Waals surface area contributed by atoms with Crippen molar-refractivity contribution < 1.29 is 28.6 Å². The van der Waals surface area contributed by atoms with Gasteiger partial charge in [-0.1, -0.05) is 36.6 Å². The lowest BCUT2D eigenvalue weighted by atomic mass is 9.83. The van der Waals surface area contributed by atoms with Gasteiger partial charge in [0, 0.05) is 18.2 Å². The van der Waals surface area contributed by atoms with Gasteiger partial charge in [0.1, 0.15) is 0 Å². The van der Waals surface area contributed by atoms with E-state index in [-0.39, 0.29) is 30.9 Å². The molecule has 2 fully saturated rings. The molecule has 192 valence electrons. The summed E-state index contributed by atoms with van der Waals surface area (Å²) in [5, 5.41) is 2.94.